The zero-order valence-electron chi connectivity index (χ0n) is 9.80. The van der Waals surface area contributed by atoms with Gasteiger partial charge in [0.25, 0.3) is 0 Å². The number of methoxy groups -OCH3 is 1. The van der Waals surface area contributed by atoms with Crippen molar-refractivity contribution in [2.75, 3.05) is 20.3 Å². The maximum atomic E-state index is 11.9. The summed E-state index contributed by atoms with van der Waals surface area (Å²) in [5, 5.41) is 2.71. The van der Waals surface area contributed by atoms with Gasteiger partial charge in [-0.2, -0.15) is 0 Å². The van der Waals surface area contributed by atoms with E-state index < -0.39 is 5.41 Å². The van der Waals surface area contributed by atoms with Crippen molar-refractivity contribution in [3.05, 3.63) is 28.8 Å². The number of hydrogen-bond acceptors (Lipinski definition) is 5. The average molecular weight is 264 g/mol. The largest absolute Gasteiger partial charge is 0.468 e. The number of thiazole rings is 1. The first-order valence-electron chi connectivity index (χ1n) is 5.51. The second-order valence-corrected chi connectivity index (χ2v) is 5.06. The van der Waals surface area contributed by atoms with E-state index in [1.54, 1.807) is 0 Å². The summed E-state index contributed by atoms with van der Waals surface area (Å²) in [5.41, 5.74) is 1.18. The lowest BCUT2D eigenvalue weighted by Crippen LogP contribution is -2.53. The Morgan fingerprint density at radius 3 is 3.00 bits per heavy atom. The van der Waals surface area contributed by atoms with Crippen LogP contribution in [-0.2, 0) is 19.7 Å². The van der Waals surface area contributed by atoms with Crippen LogP contribution in [0, 0.1) is 0 Å². The molecule has 0 radical (unpaired) electrons. The minimum absolute atomic E-state index is 0.274. The first kappa shape index (κ1) is 11.4. The molecule has 2 aromatic heterocycles. The highest BCUT2D eigenvalue weighted by atomic mass is 32.1. The number of rotatable bonds is 3. The van der Waals surface area contributed by atoms with E-state index >= 15 is 0 Å². The van der Waals surface area contributed by atoms with Gasteiger partial charge in [0.1, 0.15) is 5.01 Å². The van der Waals surface area contributed by atoms with Crippen LogP contribution in [0.4, 0.5) is 0 Å². The minimum atomic E-state index is -0.700. The van der Waals surface area contributed by atoms with Crippen molar-refractivity contribution >= 4 is 17.3 Å². The fourth-order valence-corrected chi connectivity index (χ4v) is 2.93. The third kappa shape index (κ3) is 1.57. The zero-order chi connectivity index (χ0) is 12.6. The van der Waals surface area contributed by atoms with Crippen LogP contribution >= 0.6 is 11.3 Å². The van der Waals surface area contributed by atoms with Crippen molar-refractivity contribution in [3.8, 4) is 11.3 Å². The van der Waals surface area contributed by atoms with Crippen LogP contribution in [0.25, 0.3) is 11.3 Å². The number of aromatic nitrogens is 2. The number of carbonyl (C=O) groups excluding carboxylic acids is 1. The fourth-order valence-electron chi connectivity index (χ4n) is 1.94. The molecule has 0 saturated carbocycles. The quantitative estimate of drug-likeness (QED) is 0.855. The molecular weight excluding hydrogens is 252 g/mol. The van der Waals surface area contributed by atoms with Crippen molar-refractivity contribution in [2.24, 2.45) is 0 Å². The van der Waals surface area contributed by atoms with Gasteiger partial charge in [0, 0.05) is 23.3 Å². The number of ether oxygens (including phenoxy) is 2. The van der Waals surface area contributed by atoms with E-state index in [1.807, 2.05) is 23.8 Å². The van der Waals surface area contributed by atoms with Gasteiger partial charge in [0.05, 0.1) is 26.0 Å². The molecule has 1 aliphatic rings. The van der Waals surface area contributed by atoms with Crippen LogP contribution < -0.4 is 0 Å². The lowest BCUT2D eigenvalue weighted by Gasteiger charge is -2.36. The summed E-state index contributed by atoms with van der Waals surface area (Å²) >= 11 is 1.47. The molecule has 1 aliphatic heterocycles. The fraction of sp³-hybridized carbons (Fsp3) is 0.333. The highest BCUT2D eigenvalue weighted by molar-refractivity contribution is 7.10. The smallest absolute Gasteiger partial charge is 0.323 e. The summed E-state index contributed by atoms with van der Waals surface area (Å²) in [6.07, 6.45) is 3.72. The van der Waals surface area contributed by atoms with E-state index in [0.717, 1.165) is 16.3 Å². The van der Waals surface area contributed by atoms with Crippen molar-refractivity contribution in [1.82, 2.24) is 9.97 Å². The highest BCUT2D eigenvalue weighted by Gasteiger charge is 2.51. The number of nitrogens with one attached hydrogen (secondary N) is 1. The van der Waals surface area contributed by atoms with E-state index in [1.165, 1.54) is 18.4 Å². The van der Waals surface area contributed by atoms with E-state index in [2.05, 4.69) is 9.97 Å². The molecule has 0 amide bonds. The number of carbonyl (C=O) groups is 1. The number of esters is 1. The van der Waals surface area contributed by atoms with Crippen LogP contribution in [0.5, 0.6) is 0 Å². The monoisotopic (exact) mass is 264 g/mol. The maximum absolute atomic E-state index is 11.9. The Morgan fingerprint density at radius 1 is 1.61 bits per heavy atom. The first-order valence-corrected chi connectivity index (χ1v) is 6.39. The molecule has 0 bridgehead atoms. The predicted molar refractivity (Wildman–Crippen MR) is 66.4 cm³/mol. The van der Waals surface area contributed by atoms with Gasteiger partial charge in [-0.15, -0.1) is 11.3 Å². The molecule has 0 atom stereocenters. The molecule has 1 saturated heterocycles. The van der Waals surface area contributed by atoms with E-state index in [9.17, 15) is 4.79 Å². The van der Waals surface area contributed by atoms with Crippen LogP contribution in [0.1, 0.15) is 5.01 Å². The van der Waals surface area contributed by atoms with Crippen LogP contribution in [0.15, 0.2) is 23.8 Å². The highest BCUT2D eigenvalue weighted by Crippen LogP contribution is 2.37. The lowest BCUT2D eigenvalue weighted by atomic mass is 9.87. The molecule has 0 aromatic carbocycles. The van der Waals surface area contributed by atoms with Crippen molar-refractivity contribution in [2.45, 2.75) is 5.41 Å². The number of H-pyrrole nitrogens is 1. The summed E-state index contributed by atoms with van der Waals surface area (Å²) < 4.78 is 10.0. The van der Waals surface area contributed by atoms with Crippen molar-refractivity contribution in [3.63, 3.8) is 0 Å². The summed E-state index contributed by atoms with van der Waals surface area (Å²) in [5.74, 6) is -0.274. The molecule has 94 valence electrons. The number of hydrogen-bond donors (Lipinski definition) is 1. The molecule has 3 rings (SSSR count). The maximum Gasteiger partial charge on any atom is 0.323 e. The second kappa shape index (κ2) is 4.22. The Hall–Kier alpha value is -1.66. The SMILES string of the molecule is COC(=O)C1(c2nc(-c3cc[nH]c3)cs2)COC1. The van der Waals surface area contributed by atoms with Gasteiger partial charge in [-0.1, -0.05) is 0 Å². The molecule has 2 aromatic rings. The summed E-state index contributed by atoms with van der Waals surface area (Å²) in [7, 11) is 1.39. The first-order chi connectivity index (χ1) is 8.76. The van der Waals surface area contributed by atoms with E-state index in [-0.39, 0.29) is 5.97 Å². The normalized spacial score (nSPS) is 17.2. The van der Waals surface area contributed by atoms with Crippen molar-refractivity contribution in [1.29, 1.82) is 0 Å². The Kier molecular flexibility index (Phi) is 2.68. The van der Waals surface area contributed by atoms with Gasteiger partial charge in [-0.3, -0.25) is 4.79 Å². The van der Waals surface area contributed by atoms with E-state index in [4.69, 9.17) is 9.47 Å². The molecular formula is C12H12N2O3S. The Bertz CT molecular complexity index is 558. The molecule has 1 N–H and O–H groups in total. The molecule has 3 heterocycles. The third-order valence-corrected chi connectivity index (χ3v) is 4.13. The van der Waals surface area contributed by atoms with Gasteiger partial charge < -0.3 is 14.5 Å². The molecule has 0 spiro atoms. The molecule has 18 heavy (non-hydrogen) atoms. The summed E-state index contributed by atoms with van der Waals surface area (Å²) in [6.45, 7) is 0.694. The van der Waals surface area contributed by atoms with Gasteiger partial charge >= 0.3 is 5.97 Å². The minimum Gasteiger partial charge on any atom is -0.468 e. The second-order valence-electron chi connectivity index (χ2n) is 4.20. The molecule has 0 aliphatic carbocycles. The van der Waals surface area contributed by atoms with Gasteiger partial charge in [-0.25, -0.2) is 4.98 Å². The lowest BCUT2D eigenvalue weighted by molar-refractivity contribution is -0.166. The zero-order valence-corrected chi connectivity index (χ0v) is 10.6. The van der Waals surface area contributed by atoms with Gasteiger partial charge in [0.15, 0.2) is 5.41 Å². The summed E-state index contributed by atoms with van der Waals surface area (Å²) in [6, 6.07) is 1.95. The number of nitrogens with zero attached hydrogens (tertiary/aromatic N) is 1. The molecule has 0 unspecified atom stereocenters. The van der Waals surface area contributed by atoms with E-state index in [0.29, 0.717) is 13.2 Å². The topological polar surface area (TPSA) is 64.2 Å². The molecule has 5 nitrogen and oxygen atoms in total. The standard InChI is InChI=1S/C12H12N2O3S/c1-16-11(15)12(6-17-7-12)10-14-9(5-18-10)8-2-3-13-4-8/h2-5,13H,6-7H2,1H3. The Labute approximate surface area is 108 Å². The Balaban J connectivity index is 1.95. The predicted octanol–water partition coefficient (Wildman–Crippen LogP) is 1.58. The average Bonchev–Trinajstić information content (AvgIpc) is 2.97. The summed E-state index contributed by atoms with van der Waals surface area (Å²) in [4.78, 5) is 19.4. The van der Waals surface area contributed by atoms with Crippen molar-refractivity contribution < 1.29 is 14.3 Å². The van der Waals surface area contributed by atoms with Crippen LogP contribution in [0.2, 0.25) is 0 Å². The molecule has 6 heteroatoms. The van der Waals surface area contributed by atoms with Gasteiger partial charge in [-0.05, 0) is 6.07 Å². The van der Waals surface area contributed by atoms with Crippen LogP contribution in [0.3, 0.4) is 0 Å². The number of aromatic amines is 1. The third-order valence-electron chi connectivity index (χ3n) is 3.08. The Morgan fingerprint density at radius 2 is 2.44 bits per heavy atom. The molecule has 1 fully saturated rings. The van der Waals surface area contributed by atoms with Gasteiger partial charge in [0.2, 0.25) is 0 Å². The van der Waals surface area contributed by atoms with Crippen LogP contribution in [-0.4, -0.2) is 36.3 Å².